The summed E-state index contributed by atoms with van der Waals surface area (Å²) >= 11 is 5.83. The van der Waals surface area contributed by atoms with Crippen molar-refractivity contribution in [1.29, 1.82) is 0 Å². The van der Waals surface area contributed by atoms with E-state index in [0.717, 1.165) is 13.1 Å². The Hall–Kier alpha value is -0.700. The summed E-state index contributed by atoms with van der Waals surface area (Å²) in [5, 5.41) is 10.8. The molecule has 2 rings (SSSR count). The van der Waals surface area contributed by atoms with Crippen LogP contribution in [0.25, 0.3) is 0 Å². The average molecular weight is 390 g/mol. The SMILES string of the molecule is CCN(CC)C[C@H](O)CN1CCN(S(=O)(=O)c2ccc(Cl)cc2)CC1. The van der Waals surface area contributed by atoms with Gasteiger partial charge in [-0.2, -0.15) is 4.31 Å². The van der Waals surface area contributed by atoms with Gasteiger partial charge in [0.05, 0.1) is 11.0 Å². The van der Waals surface area contributed by atoms with Gasteiger partial charge in [-0.15, -0.1) is 0 Å². The molecule has 1 aliphatic heterocycles. The first kappa shape index (κ1) is 20.6. The Morgan fingerprint density at radius 2 is 1.68 bits per heavy atom. The zero-order valence-corrected chi connectivity index (χ0v) is 16.5. The summed E-state index contributed by atoms with van der Waals surface area (Å²) < 4.78 is 26.8. The van der Waals surface area contributed by atoms with E-state index in [1.807, 2.05) is 0 Å². The van der Waals surface area contributed by atoms with E-state index in [9.17, 15) is 13.5 Å². The fourth-order valence-corrected chi connectivity index (χ4v) is 4.59. The van der Waals surface area contributed by atoms with E-state index in [1.165, 1.54) is 16.4 Å². The van der Waals surface area contributed by atoms with Gasteiger partial charge in [-0.25, -0.2) is 8.42 Å². The van der Waals surface area contributed by atoms with Gasteiger partial charge in [-0.1, -0.05) is 25.4 Å². The highest BCUT2D eigenvalue weighted by Gasteiger charge is 2.29. The van der Waals surface area contributed by atoms with E-state index in [1.54, 1.807) is 12.1 Å². The van der Waals surface area contributed by atoms with Crippen molar-refractivity contribution in [3.63, 3.8) is 0 Å². The third kappa shape index (κ3) is 5.64. The van der Waals surface area contributed by atoms with Crippen molar-refractivity contribution in [2.24, 2.45) is 0 Å². The Kier molecular flexibility index (Phi) is 7.67. The van der Waals surface area contributed by atoms with E-state index < -0.39 is 16.1 Å². The molecular formula is C17H28ClN3O3S. The molecule has 1 atom stereocenters. The van der Waals surface area contributed by atoms with Crippen molar-refractivity contribution in [2.75, 3.05) is 52.4 Å². The number of aliphatic hydroxyl groups is 1. The lowest BCUT2D eigenvalue weighted by Gasteiger charge is -2.35. The molecule has 1 fully saturated rings. The quantitative estimate of drug-likeness (QED) is 0.727. The van der Waals surface area contributed by atoms with Gasteiger partial charge >= 0.3 is 0 Å². The molecular weight excluding hydrogens is 362 g/mol. The number of piperazine rings is 1. The lowest BCUT2D eigenvalue weighted by atomic mass is 10.2. The molecule has 1 aromatic rings. The number of aliphatic hydroxyl groups excluding tert-OH is 1. The maximum absolute atomic E-state index is 12.7. The van der Waals surface area contributed by atoms with Gasteiger partial charge in [-0.3, -0.25) is 4.90 Å². The molecule has 0 aliphatic carbocycles. The van der Waals surface area contributed by atoms with E-state index in [0.29, 0.717) is 44.3 Å². The minimum Gasteiger partial charge on any atom is -0.390 e. The van der Waals surface area contributed by atoms with Crippen molar-refractivity contribution in [3.8, 4) is 0 Å². The highest BCUT2D eigenvalue weighted by molar-refractivity contribution is 7.89. The molecule has 0 saturated carbocycles. The van der Waals surface area contributed by atoms with Crippen LogP contribution in [-0.4, -0.2) is 86.1 Å². The number of rotatable bonds is 8. The highest BCUT2D eigenvalue weighted by Crippen LogP contribution is 2.19. The second-order valence-corrected chi connectivity index (χ2v) is 8.67. The van der Waals surface area contributed by atoms with Crippen LogP contribution in [0.15, 0.2) is 29.2 Å². The second kappa shape index (κ2) is 9.30. The Balaban J connectivity index is 1.87. The maximum atomic E-state index is 12.7. The standard InChI is InChI=1S/C17H28ClN3O3S/c1-3-19(4-2)13-16(22)14-20-9-11-21(12-10-20)25(23,24)17-7-5-15(18)6-8-17/h5-8,16,22H,3-4,9-14H2,1-2H3/t16-/m0/s1. The average Bonchev–Trinajstić information content (AvgIpc) is 2.60. The van der Waals surface area contributed by atoms with Crippen LogP contribution >= 0.6 is 11.6 Å². The molecule has 0 spiro atoms. The number of hydrogen-bond acceptors (Lipinski definition) is 5. The summed E-state index contributed by atoms with van der Waals surface area (Å²) in [6, 6.07) is 6.26. The molecule has 8 heteroatoms. The molecule has 25 heavy (non-hydrogen) atoms. The fourth-order valence-electron chi connectivity index (χ4n) is 3.04. The highest BCUT2D eigenvalue weighted by atomic mass is 35.5. The molecule has 142 valence electrons. The van der Waals surface area contributed by atoms with Gasteiger partial charge in [0.25, 0.3) is 0 Å². The molecule has 1 N–H and O–H groups in total. The Labute approximate surface area is 156 Å². The van der Waals surface area contributed by atoms with Gasteiger partial charge in [0.1, 0.15) is 0 Å². The van der Waals surface area contributed by atoms with Crippen LogP contribution in [-0.2, 0) is 10.0 Å². The van der Waals surface area contributed by atoms with Crippen LogP contribution in [0, 0.1) is 0 Å². The number of benzene rings is 1. The summed E-state index contributed by atoms with van der Waals surface area (Å²) in [7, 11) is -3.48. The first-order chi connectivity index (χ1) is 11.9. The molecule has 0 amide bonds. The predicted octanol–water partition coefficient (Wildman–Crippen LogP) is 1.35. The smallest absolute Gasteiger partial charge is 0.243 e. The number of nitrogens with zero attached hydrogens (tertiary/aromatic N) is 3. The van der Waals surface area contributed by atoms with E-state index >= 15 is 0 Å². The van der Waals surface area contributed by atoms with Crippen molar-refractivity contribution >= 4 is 21.6 Å². The predicted molar refractivity (Wildman–Crippen MR) is 100 cm³/mol. The van der Waals surface area contributed by atoms with Gasteiger partial charge in [0.2, 0.25) is 10.0 Å². The summed E-state index contributed by atoms with van der Waals surface area (Å²) in [5.74, 6) is 0. The first-order valence-electron chi connectivity index (χ1n) is 8.75. The number of halogens is 1. The molecule has 1 saturated heterocycles. The Morgan fingerprint density at radius 1 is 1.12 bits per heavy atom. The van der Waals surface area contributed by atoms with Crippen LogP contribution in [0.5, 0.6) is 0 Å². The number of sulfonamides is 1. The van der Waals surface area contributed by atoms with Gasteiger partial charge < -0.3 is 10.0 Å². The van der Waals surface area contributed by atoms with Crippen LogP contribution < -0.4 is 0 Å². The van der Waals surface area contributed by atoms with E-state index in [2.05, 4.69) is 23.6 Å². The molecule has 6 nitrogen and oxygen atoms in total. The third-order valence-electron chi connectivity index (χ3n) is 4.61. The molecule has 0 bridgehead atoms. The maximum Gasteiger partial charge on any atom is 0.243 e. The van der Waals surface area contributed by atoms with Crippen LogP contribution in [0.4, 0.5) is 0 Å². The summed E-state index contributed by atoms with van der Waals surface area (Å²) in [6.07, 6.45) is -0.417. The molecule has 1 aromatic carbocycles. The molecule has 0 unspecified atom stereocenters. The Bertz CT molecular complexity index is 627. The zero-order chi connectivity index (χ0) is 18.4. The Morgan fingerprint density at radius 3 is 2.20 bits per heavy atom. The topological polar surface area (TPSA) is 64.1 Å². The van der Waals surface area contributed by atoms with Gasteiger partial charge in [0.15, 0.2) is 0 Å². The minimum atomic E-state index is -3.48. The number of β-amino-alcohol motifs (C(OH)–C–C–N with tert-alkyl or cyclic N) is 1. The van der Waals surface area contributed by atoms with Gasteiger partial charge in [0, 0.05) is 44.3 Å². The van der Waals surface area contributed by atoms with Crippen molar-refractivity contribution in [1.82, 2.24) is 14.1 Å². The van der Waals surface area contributed by atoms with Crippen molar-refractivity contribution in [2.45, 2.75) is 24.8 Å². The number of hydrogen-bond donors (Lipinski definition) is 1. The van der Waals surface area contributed by atoms with Gasteiger partial charge in [-0.05, 0) is 37.4 Å². The molecule has 0 radical (unpaired) electrons. The first-order valence-corrected chi connectivity index (χ1v) is 10.6. The van der Waals surface area contributed by atoms with E-state index in [-0.39, 0.29) is 4.90 Å². The summed E-state index contributed by atoms with van der Waals surface area (Å²) in [4.78, 5) is 4.58. The normalized spacial score (nSPS) is 18.6. The second-order valence-electron chi connectivity index (χ2n) is 6.30. The van der Waals surface area contributed by atoms with Crippen molar-refractivity contribution in [3.05, 3.63) is 29.3 Å². The lowest BCUT2D eigenvalue weighted by Crippen LogP contribution is -2.51. The molecule has 1 heterocycles. The van der Waals surface area contributed by atoms with Crippen LogP contribution in [0.3, 0.4) is 0 Å². The van der Waals surface area contributed by atoms with Crippen LogP contribution in [0.2, 0.25) is 5.02 Å². The lowest BCUT2D eigenvalue weighted by molar-refractivity contribution is 0.0646. The summed E-state index contributed by atoms with van der Waals surface area (Å²) in [6.45, 7) is 9.34. The fraction of sp³-hybridized carbons (Fsp3) is 0.647. The monoisotopic (exact) mass is 389 g/mol. The van der Waals surface area contributed by atoms with E-state index in [4.69, 9.17) is 11.6 Å². The minimum absolute atomic E-state index is 0.270. The molecule has 1 aliphatic rings. The largest absolute Gasteiger partial charge is 0.390 e. The zero-order valence-electron chi connectivity index (χ0n) is 14.9. The summed E-state index contributed by atoms with van der Waals surface area (Å²) in [5.41, 5.74) is 0. The third-order valence-corrected chi connectivity index (χ3v) is 6.78. The number of likely N-dealkylation sites (N-methyl/N-ethyl adjacent to an activating group) is 1. The van der Waals surface area contributed by atoms with Crippen LogP contribution in [0.1, 0.15) is 13.8 Å². The molecule has 0 aromatic heterocycles. The van der Waals surface area contributed by atoms with Crippen molar-refractivity contribution < 1.29 is 13.5 Å².